The van der Waals surface area contributed by atoms with Gasteiger partial charge < -0.3 is 10.4 Å². The summed E-state index contributed by atoms with van der Waals surface area (Å²) in [6.07, 6.45) is 8.46. The van der Waals surface area contributed by atoms with E-state index in [9.17, 15) is 5.11 Å². The molecule has 1 fully saturated rings. The van der Waals surface area contributed by atoms with Crippen LogP contribution in [-0.4, -0.2) is 23.8 Å². The highest BCUT2D eigenvalue weighted by molar-refractivity contribution is 4.84. The first-order chi connectivity index (χ1) is 5.84. The van der Waals surface area contributed by atoms with E-state index in [2.05, 4.69) is 17.5 Å². The minimum atomic E-state index is -0.101. The summed E-state index contributed by atoms with van der Waals surface area (Å²) in [7, 11) is 0. The first-order valence-electron chi connectivity index (χ1n) is 4.87. The van der Waals surface area contributed by atoms with Gasteiger partial charge in [0.2, 0.25) is 0 Å². The van der Waals surface area contributed by atoms with Crippen LogP contribution >= 0.6 is 0 Å². The highest BCUT2D eigenvalue weighted by Gasteiger charge is 2.23. The molecular weight excluding hydrogens is 150 g/mol. The van der Waals surface area contributed by atoms with Gasteiger partial charge in [0.15, 0.2) is 0 Å². The summed E-state index contributed by atoms with van der Waals surface area (Å²) in [6, 6.07) is 0.357. The lowest BCUT2D eigenvalue weighted by Gasteiger charge is -2.15. The second kappa shape index (κ2) is 5.33. The van der Waals surface area contributed by atoms with Crippen molar-refractivity contribution in [1.29, 1.82) is 0 Å². The smallest absolute Gasteiger partial charge is 0.0693 e. The molecule has 0 amide bonds. The van der Waals surface area contributed by atoms with E-state index in [1.807, 2.05) is 6.92 Å². The zero-order valence-corrected chi connectivity index (χ0v) is 7.79. The topological polar surface area (TPSA) is 32.3 Å². The van der Waals surface area contributed by atoms with E-state index in [4.69, 9.17) is 0 Å². The van der Waals surface area contributed by atoms with Gasteiger partial charge in [0.05, 0.1) is 6.10 Å². The van der Waals surface area contributed by atoms with Crippen LogP contribution in [0.25, 0.3) is 0 Å². The maximum Gasteiger partial charge on any atom is 0.0693 e. The Morgan fingerprint density at radius 2 is 2.33 bits per heavy atom. The Hall–Kier alpha value is -0.340. The molecule has 2 heteroatoms. The molecule has 1 aliphatic carbocycles. The molecule has 1 aliphatic rings. The summed E-state index contributed by atoms with van der Waals surface area (Å²) in [5.41, 5.74) is 0. The monoisotopic (exact) mass is 169 g/mol. The van der Waals surface area contributed by atoms with E-state index in [1.54, 1.807) is 0 Å². The summed E-state index contributed by atoms with van der Waals surface area (Å²) in [5.74, 6) is 0. The molecule has 2 nitrogen and oxygen atoms in total. The second-order valence-electron chi connectivity index (χ2n) is 3.42. The number of aliphatic hydroxyl groups excluding tert-OH is 1. The summed E-state index contributed by atoms with van der Waals surface area (Å²) in [6.45, 7) is 3.02. The minimum Gasteiger partial charge on any atom is -0.392 e. The summed E-state index contributed by atoms with van der Waals surface area (Å²) in [4.78, 5) is 0. The molecule has 2 atom stereocenters. The largest absolute Gasteiger partial charge is 0.392 e. The number of nitrogens with one attached hydrogen (secondary N) is 1. The van der Waals surface area contributed by atoms with Crippen LogP contribution in [-0.2, 0) is 0 Å². The van der Waals surface area contributed by atoms with Crippen LogP contribution in [0.2, 0.25) is 0 Å². The highest BCUT2D eigenvalue weighted by atomic mass is 16.3. The van der Waals surface area contributed by atoms with Crippen molar-refractivity contribution in [2.45, 2.75) is 44.8 Å². The molecule has 0 aromatic heterocycles. The Morgan fingerprint density at radius 1 is 1.50 bits per heavy atom. The lowest BCUT2D eigenvalue weighted by molar-refractivity contribution is 0.150. The lowest BCUT2D eigenvalue weighted by Crippen LogP contribution is -2.35. The van der Waals surface area contributed by atoms with E-state index >= 15 is 0 Å². The van der Waals surface area contributed by atoms with Crippen molar-refractivity contribution < 1.29 is 5.11 Å². The van der Waals surface area contributed by atoms with Crippen LogP contribution < -0.4 is 5.32 Å². The molecule has 1 rings (SSSR count). The summed E-state index contributed by atoms with van der Waals surface area (Å²) in [5, 5.41) is 12.8. The summed E-state index contributed by atoms with van der Waals surface area (Å²) < 4.78 is 0. The third-order valence-corrected chi connectivity index (χ3v) is 2.43. The lowest BCUT2D eigenvalue weighted by atomic mass is 10.2. The molecule has 1 saturated carbocycles. The molecule has 0 saturated heterocycles. The third-order valence-electron chi connectivity index (χ3n) is 2.43. The molecule has 2 N–H and O–H groups in total. The predicted molar refractivity (Wildman–Crippen MR) is 51.1 cm³/mol. The SMILES string of the molecule is C/C=C/CCN[C@H]1CCC[C@@H]1O. The third kappa shape index (κ3) is 2.95. The first-order valence-corrected chi connectivity index (χ1v) is 4.87. The standard InChI is InChI=1S/C10H19NO/c1-2-3-4-8-11-9-6-5-7-10(9)12/h2-3,9-12H,4-8H2,1H3/b3-2+/t9-,10-/m0/s1. The normalized spacial score (nSPS) is 30.2. The average Bonchev–Trinajstić information content (AvgIpc) is 2.46. The van der Waals surface area contributed by atoms with Gasteiger partial charge in [0.25, 0.3) is 0 Å². The van der Waals surface area contributed by atoms with Gasteiger partial charge in [-0.2, -0.15) is 0 Å². The number of hydrogen-bond donors (Lipinski definition) is 2. The summed E-state index contributed by atoms with van der Waals surface area (Å²) >= 11 is 0. The van der Waals surface area contributed by atoms with Crippen LogP contribution in [0.15, 0.2) is 12.2 Å². The van der Waals surface area contributed by atoms with Crippen molar-refractivity contribution in [3.05, 3.63) is 12.2 Å². The number of hydrogen-bond acceptors (Lipinski definition) is 2. The van der Waals surface area contributed by atoms with Gasteiger partial charge in [0, 0.05) is 6.04 Å². The molecule has 0 aromatic carbocycles. The van der Waals surface area contributed by atoms with Gasteiger partial charge in [-0.25, -0.2) is 0 Å². The highest BCUT2D eigenvalue weighted by Crippen LogP contribution is 2.18. The maximum atomic E-state index is 9.46. The van der Waals surface area contributed by atoms with E-state index in [-0.39, 0.29) is 6.10 Å². The zero-order valence-electron chi connectivity index (χ0n) is 7.79. The van der Waals surface area contributed by atoms with Crippen LogP contribution in [0.5, 0.6) is 0 Å². The van der Waals surface area contributed by atoms with Gasteiger partial charge in [0.1, 0.15) is 0 Å². The number of allylic oxidation sites excluding steroid dienone is 1. The molecule has 12 heavy (non-hydrogen) atoms. The van der Waals surface area contributed by atoms with Crippen molar-refractivity contribution in [2.24, 2.45) is 0 Å². The average molecular weight is 169 g/mol. The predicted octanol–water partition coefficient (Wildman–Crippen LogP) is 1.46. The molecule has 70 valence electrons. The van der Waals surface area contributed by atoms with Crippen LogP contribution in [0.1, 0.15) is 32.6 Å². The fourth-order valence-corrected chi connectivity index (χ4v) is 1.70. The van der Waals surface area contributed by atoms with Crippen LogP contribution in [0.3, 0.4) is 0 Å². The van der Waals surface area contributed by atoms with Gasteiger partial charge >= 0.3 is 0 Å². The first kappa shape index (κ1) is 9.75. The van der Waals surface area contributed by atoms with Gasteiger partial charge in [-0.1, -0.05) is 12.2 Å². The molecule has 0 spiro atoms. The van der Waals surface area contributed by atoms with E-state index in [1.165, 1.54) is 6.42 Å². The molecule has 0 aromatic rings. The fourth-order valence-electron chi connectivity index (χ4n) is 1.70. The van der Waals surface area contributed by atoms with Crippen molar-refractivity contribution in [1.82, 2.24) is 5.32 Å². The van der Waals surface area contributed by atoms with Gasteiger partial charge in [-0.3, -0.25) is 0 Å². The van der Waals surface area contributed by atoms with E-state index in [0.717, 1.165) is 25.8 Å². The van der Waals surface area contributed by atoms with Crippen molar-refractivity contribution in [2.75, 3.05) is 6.54 Å². The Kier molecular flexibility index (Phi) is 4.33. The Morgan fingerprint density at radius 3 is 2.92 bits per heavy atom. The van der Waals surface area contributed by atoms with Crippen molar-refractivity contribution in [3.8, 4) is 0 Å². The molecule has 0 bridgehead atoms. The fraction of sp³-hybridized carbons (Fsp3) is 0.800. The van der Waals surface area contributed by atoms with E-state index < -0.39 is 0 Å². The van der Waals surface area contributed by atoms with Gasteiger partial charge in [-0.05, 0) is 39.2 Å². The quantitative estimate of drug-likeness (QED) is 0.493. The van der Waals surface area contributed by atoms with Crippen molar-refractivity contribution in [3.63, 3.8) is 0 Å². The van der Waals surface area contributed by atoms with Gasteiger partial charge in [-0.15, -0.1) is 0 Å². The molecule has 0 radical (unpaired) electrons. The second-order valence-corrected chi connectivity index (χ2v) is 3.42. The van der Waals surface area contributed by atoms with Crippen molar-refractivity contribution >= 4 is 0 Å². The molecule has 0 heterocycles. The van der Waals surface area contributed by atoms with E-state index in [0.29, 0.717) is 6.04 Å². The Labute approximate surface area is 74.7 Å². The number of aliphatic hydroxyl groups is 1. The molecule has 0 aliphatic heterocycles. The zero-order chi connectivity index (χ0) is 8.81. The van der Waals surface area contributed by atoms with Crippen LogP contribution in [0.4, 0.5) is 0 Å². The van der Waals surface area contributed by atoms with Crippen LogP contribution in [0, 0.1) is 0 Å². The Balaban J connectivity index is 2.06. The minimum absolute atomic E-state index is 0.101. The number of rotatable bonds is 4. The molecule has 0 unspecified atom stereocenters. The molecular formula is C10H19NO. The maximum absolute atomic E-state index is 9.46. The Bertz CT molecular complexity index is 145.